The fraction of sp³-hybridized carbons (Fsp3) is 0.545. The second-order valence-electron chi connectivity index (χ2n) is 3.17. The van der Waals surface area contributed by atoms with Gasteiger partial charge in [0.25, 0.3) is 0 Å². The molecular formula is C11H23NO2. The molecule has 0 rings (SSSR count). The molecule has 0 aliphatic heterocycles. The smallest absolute Gasteiger partial charge is 0.404 e. The van der Waals surface area contributed by atoms with Crippen molar-refractivity contribution in [1.29, 1.82) is 0 Å². The maximum Gasteiger partial charge on any atom is 0.404 e. The first kappa shape index (κ1) is 18.5. The van der Waals surface area contributed by atoms with Crippen molar-refractivity contribution in [1.82, 2.24) is 0 Å². The highest BCUT2D eigenvalue weighted by Crippen LogP contribution is 1.74. The third-order valence-electron chi connectivity index (χ3n) is 0.287. The molecule has 0 fully saturated rings. The predicted molar refractivity (Wildman–Crippen MR) is 62.2 cm³/mol. The SMILES string of the molecule is C=C(C)C.C=C(C)C.CCOC(N)=O. The summed E-state index contributed by atoms with van der Waals surface area (Å²) >= 11 is 0. The van der Waals surface area contributed by atoms with Crippen molar-refractivity contribution in [3.63, 3.8) is 0 Å². The topological polar surface area (TPSA) is 52.3 Å². The molecule has 0 aliphatic carbocycles. The highest BCUT2D eigenvalue weighted by molar-refractivity contribution is 5.64. The van der Waals surface area contributed by atoms with Crippen LogP contribution in [0.2, 0.25) is 0 Å². The van der Waals surface area contributed by atoms with E-state index in [1.165, 1.54) is 11.1 Å². The van der Waals surface area contributed by atoms with Crippen molar-refractivity contribution < 1.29 is 9.53 Å². The number of nitrogens with two attached hydrogens (primary N) is 1. The predicted octanol–water partition coefficient (Wildman–Crippen LogP) is 3.27. The van der Waals surface area contributed by atoms with Crippen LogP contribution >= 0.6 is 0 Å². The average molecular weight is 201 g/mol. The molecule has 3 nitrogen and oxygen atoms in total. The maximum atomic E-state index is 9.60. The lowest BCUT2D eigenvalue weighted by molar-refractivity contribution is 0.163. The van der Waals surface area contributed by atoms with Crippen LogP contribution in [-0.4, -0.2) is 12.7 Å². The van der Waals surface area contributed by atoms with Crippen LogP contribution in [0.5, 0.6) is 0 Å². The van der Waals surface area contributed by atoms with Crippen molar-refractivity contribution in [2.45, 2.75) is 34.6 Å². The number of ether oxygens (including phenoxy) is 1. The van der Waals surface area contributed by atoms with E-state index >= 15 is 0 Å². The lowest BCUT2D eigenvalue weighted by atomic mass is 10.4. The summed E-state index contributed by atoms with van der Waals surface area (Å²) in [6, 6.07) is 0. The molecule has 0 aromatic carbocycles. The van der Waals surface area contributed by atoms with Gasteiger partial charge in [-0.3, -0.25) is 0 Å². The molecule has 14 heavy (non-hydrogen) atoms. The number of rotatable bonds is 1. The first-order valence-electron chi connectivity index (χ1n) is 4.40. The maximum absolute atomic E-state index is 9.60. The Labute approximate surface area is 87.6 Å². The third-order valence-corrected chi connectivity index (χ3v) is 0.287. The monoisotopic (exact) mass is 201 g/mol. The van der Waals surface area contributed by atoms with Gasteiger partial charge in [-0.15, -0.1) is 13.2 Å². The van der Waals surface area contributed by atoms with E-state index in [1.807, 2.05) is 27.7 Å². The first-order valence-corrected chi connectivity index (χ1v) is 4.40. The van der Waals surface area contributed by atoms with Gasteiger partial charge in [-0.2, -0.15) is 0 Å². The summed E-state index contributed by atoms with van der Waals surface area (Å²) in [5.41, 5.74) is 6.88. The molecule has 0 unspecified atom stereocenters. The number of amides is 1. The normalized spacial score (nSPS) is 6.93. The number of allylic oxidation sites excluding steroid dienone is 2. The highest BCUT2D eigenvalue weighted by Gasteiger charge is 1.82. The van der Waals surface area contributed by atoms with Crippen molar-refractivity contribution in [2.75, 3.05) is 6.61 Å². The molecule has 2 N–H and O–H groups in total. The molecule has 0 radical (unpaired) electrons. The third kappa shape index (κ3) is 334. The van der Waals surface area contributed by atoms with Gasteiger partial charge in [-0.25, -0.2) is 4.79 Å². The van der Waals surface area contributed by atoms with Gasteiger partial charge in [0.05, 0.1) is 6.61 Å². The molecule has 0 atom stereocenters. The number of hydrogen-bond acceptors (Lipinski definition) is 2. The summed E-state index contributed by atoms with van der Waals surface area (Å²) in [6.45, 7) is 17.1. The molecule has 0 saturated carbocycles. The minimum Gasteiger partial charge on any atom is -0.450 e. The van der Waals surface area contributed by atoms with E-state index < -0.39 is 6.09 Å². The van der Waals surface area contributed by atoms with Crippen LogP contribution in [0.1, 0.15) is 34.6 Å². The van der Waals surface area contributed by atoms with Gasteiger partial charge in [0.1, 0.15) is 0 Å². The molecule has 0 aromatic heterocycles. The van der Waals surface area contributed by atoms with Crippen LogP contribution < -0.4 is 5.73 Å². The van der Waals surface area contributed by atoms with Crippen molar-refractivity contribution in [3.8, 4) is 0 Å². The van der Waals surface area contributed by atoms with E-state index in [0.717, 1.165) is 0 Å². The van der Waals surface area contributed by atoms with Crippen LogP contribution in [0, 0.1) is 0 Å². The summed E-state index contributed by atoms with van der Waals surface area (Å²) in [4.78, 5) is 9.60. The average Bonchev–Trinajstić information content (AvgIpc) is 1.82. The minimum absolute atomic E-state index is 0.356. The number of primary amides is 1. The molecule has 0 bridgehead atoms. The second-order valence-corrected chi connectivity index (χ2v) is 3.17. The van der Waals surface area contributed by atoms with Crippen LogP contribution in [0.25, 0.3) is 0 Å². The van der Waals surface area contributed by atoms with Gasteiger partial charge in [0, 0.05) is 0 Å². The summed E-state index contributed by atoms with van der Waals surface area (Å²) in [5.74, 6) is 0. The molecule has 0 aromatic rings. The molecule has 0 spiro atoms. The fourth-order valence-electron chi connectivity index (χ4n) is 0.142. The minimum atomic E-state index is -0.711. The quantitative estimate of drug-likeness (QED) is 0.662. The van der Waals surface area contributed by atoms with Crippen molar-refractivity contribution in [2.24, 2.45) is 5.73 Å². The van der Waals surface area contributed by atoms with E-state index in [2.05, 4.69) is 23.6 Å². The summed E-state index contributed by atoms with van der Waals surface area (Å²) in [6.07, 6.45) is -0.711. The standard InChI is InChI=1S/2C4H8.C3H7NO2/c2*1-4(2)3;1-2-6-3(4)5/h2*1H2,2-3H3;2H2,1H3,(H2,4,5). The van der Waals surface area contributed by atoms with Crippen LogP contribution in [0.3, 0.4) is 0 Å². The number of carbonyl (C=O) groups is 1. The van der Waals surface area contributed by atoms with E-state index in [-0.39, 0.29) is 0 Å². The Kier molecular flexibility index (Phi) is 18.9. The van der Waals surface area contributed by atoms with Crippen LogP contribution in [0.15, 0.2) is 24.3 Å². The molecular weight excluding hydrogens is 178 g/mol. The van der Waals surface area contributed by atoms with E-state index in [9.17, 15) is 4.79 Å². The Morgan fingerprint density at radius 3 is 1.36 bits per heavy atom. The van der Waals surface area contributed by atoms with Gasteiger partial charge < -0.3 is 10.5 Å². The molecule has 0 saturated heterocycles. The van der Waals surface area contributed by atoms with Crippen LogP contribution in [-0.2, 0) is 4.74 Å². The summed E-state index contributed by atoms with van der Waals surface area (Å²) in [5, 5.41) is 0. The van der Waals surface area contributed by atoms with Gasteiger partial charge >= 0.3 is 6.09 Å². The van der Waals surface area contributed by atoms with E-state index in [1.54, 1.807) is 6.92 Å². The van der Waals surface area contributed by atoms with Gasteiger partial charge in [0.2, 0.25) is 0 Å². The Morgan fingerprint density at radius 2 is 1.36 bits per heavy atom. The Balaban J connectivity index is -0.000000135. The van der Waals surface area contributed by atoms with Crippen LogP contribution in [0.4, 0.5) is 4.79 Å². The largest absolute Gasteiger partial charge is 0.450 e. The molecule has 0 aliphatic rings. The first-order chi connectivity index (χ1) is 6.23. The zero-order chi connectivity index (χ0) is 12.1. The lowest BCUT2D eigenvalue weighted by Crippen LogP contribution is -2.11. The van der Waals surface area contributed by atoms with Gasteiger partial charge in [-0.1, -0.05) is 11.1 Å². The highest BCUT2D eigenvalue weighted by atomic mass is 16.5. The summed E-state index contributed by atoms with van der Waals surface area (Å²) in [7, 11) is 0. The zero-order valence-corrected chi connectivity index (χ0v) is 10.0. The van der Waals surface area contributed by atoms with E-state index in [0.29, 0.717) is 6.61 Å². The van der Waals surface area contributed by atoms with Crippen molar-refractivity contribution in [3.05, 3.63) is 24.3 Å². The molecule has 84 valence electrons. The fourth-order valence-corrected chi connectivity index (χ4v) is 0.142. The Bertz CT molecular complexity index is 154. The van der Waals surface area contributed by atoms with E-state index in [4.69, 9.17) is 0 Å². The number of hydrogen-bond donors (Lipinski definition) is 1. The zero-order valence-electron chi connectivity index (χ0n) is 10.0. The molecule has 0 heterocycles. The Hall–Kier alpha value is -1.25. The molecule has 3 heteroatoms. The van der Waals surface area contributed by atoms with Crippen molar-refractivity contribution >= 4 is 6.09 Å². The summed E-state index contributed by atoms with van der Waals surface area (Å²) < 4.78 is 4.18. The lowest BCUT2D eigenvalue weighted by Gasteiger charge is -1.89. The van der Waals surface area contributed by atoms with Gasteiger partial charge in [-0.05, 0) is 34.6 Å². The number of carbonyl (C=O) groups excluding carboxylic acids is 1. The second kappa shape index (κ2) is 14.3. The Morgan fingerprint density at radius 1 is 1.14 bits per heavy atom. The van der Waals surface area contributed by atoms with Gasteiger partial charge in [0.15, 0.2) is 0 Å². The molecule has 1 amide bonds.